The van der Waals surface area contributed by atoms with E-state index in [1.54, 1.807) is 0 Å². The molecule has 0 aromatic carbocycles. The fraction of sp³-hybridized carbons (Fsp3) is 0.727. The second kappa shape index (κ2) is 5.81. The Bertz CT molecular complexity index is 393. The van der Waals surface area contributed by atoms with Crippen LogP contribution in [0, 0.1) is 5.41 Å². The lowest BCUT2D eigenvalue weighted by atomic mass is 9.93. The summed E-state index contributed by atoms with van der Waals surface area (Å²) in [7, 11) is 5.59. The van der Waals surface area contributed by atoms with Crippen molar-refractivity contribution in [3.8, 4) is 6.01 Å². The fourth-order valence-corrected chi connectivity index (χ4v) is 1.77. The van der Waals surface area contributed by atoms with Crippen molar-refractivity contribution in [3.05, 3.63) is 0 Å². The number of nitrogen functional groups attached to an aromatic ring is 1. The van der Waals surface area contributed by atoms with Crippen molar-refractivity contribution in [1.29, 1.82) is 0 Å². The van der Waals surface area contributed by atoms with Crippen LogP contribution in [0.1, 0.15) is 13.8 Å². The third kappa shape index (κ3) is 4.70. The monoisotopic (exact) mass is 254 g/mol. The van der Waals surface area contributed by atoms with Crippen LogP contribution in [-0.2, 0) is 0 Å². The van der Waals surface area contributed by atoms with Gasteiger partial charge in [-0.05, 0) is 19.5 Å². The summed E-state index contributed by atoms with van der Waals surface area (Å²) < 4.78 is 4.94. The molecule has 0 amide bonds. The van der Waals surface area contributed by atoms with E-state index in [2.05, 4.69) is 39.0 Å². The van der Waals surface area contributed by atoms with Crippen LogP contribution in [0.4, 0.5) is 11.9 Å². The van der Waals surface area contributed by atoms with Gasteiger partial charge >= 0.3 is 6.01 Å². The summed E-state index contributed by atoms with van der Waals surface area (Å²) in [6.07, 6.45) is 0. The molecule has 0 atom stereocenters. The van der Waals surface area contributed by atoms with E-state index in [1.165, 1.54) is 7.11 Å². The van der Waals surface area contributed by atoms with E-state index in [-0.39, 0.29) is 17.4 Å². The van der Waals surface area contributed by atoms with Gasteiger partial charge in [0.15, 0.2) is 0 Å². The maximum Gasteiger partial charge on any atom is 0.322 e. The molecule has 1 aromatic heterocycles. The third-order valence-corrected chi connectivity index (χ3v) is 2.28. The highest BCUT2D eigenvalue weighted by Crippen LogP contribution is 2.17. The molecule has 1 heterocycles. The van der Waals surface area contributed by atoms with Crippen molar-refractivity contribution in [2.75, 3.05) is 45.3 Å². The first kappa shape index (κ1) is 14.4. The summed E-state index contributed by atoms with van der Waals surface area (Å²) in [5, 5.41) is 3.16. The van der Waals surface area contributed by atoms with E-state index in [0.717, 1.165) is 13.1 Å². The smallest absolute Gasteiger partial charge is 0.322 e. The topological polar surface area (TPSA) is 89.2 Å². The summed E-state index contributed by atoms with van der Waals surface area (Å²) in [5.41, 5.74) is 5.66. The van der Waals surface area contributed by atoms with Gasteiger partial charge in [0.25, 0.3) is 0 Å². The number of anilines is 2. The third-order valence-electron chi connectivity index (χ3n) is 2.28. The van der Waals surface area contributed by atoms with Gasteiger partial charge in [-0.25, -0.2) is 0 Å². The van der Waals surface area contributed by atoms with E-state index in [0.29, 0.717) is 5.95 Å². The summed E-state index contributed by atoms with van der Waals surface area (Å²) in [4.78, 5) is 14.1. The number of hydrogen-bond donors (Lipinski definition) is 2. The summed E-state index contributed by atoms with van der Waals surface area (Å²) in [6, 6.07) is 0.218. The number of methoxy groups -OCH3 is 1. The Morgan fingerprint density at radius 2 is 1.94 bits per heavy atom. The van der Waals surface area contributed by atoms with E-state index in [1.807, 2.05) is 14.1 Å². The van der Waals surface area contributed by atoms with Crippen LogP contribution in [-0.4, -0.2) is 54.1 Å². The van der Waals surface area contributed by atoms with Crippen LogP contribution in [0.5, 0.6) is 6.01 Å². The Balaban J connectivity index is 2.65. The molecule has 102 valence electrons. The zero-order valence-corrected chi connectivity index (χ0v) is 11.7. The summed E-state index contributed by atoms with van der Waals surface area (Å²) in [5.74, 6) is 0.584. The normalized spacial score (nSPS) is 11.7. The second-order valence-electron chi connectivity index (χ2n) is 5.26. The van der Waals surface area contributed by atoms with Crippen LogP contribution < -0.4 is 15.8 Å². The van der Waals surface area contributed by atoms with Gasteiger partial charge in [-0.1, -0.05) is 13.8 Å². The minimum absolute atomic E-state index is 0.0954. The molecule has 18 heavy (non-hydrogen) atoms. The van der Waals surface area contributed by atoms with Gasteiger partial charge in [0.05, 0.1) is 7.11 Å². The van der Waals surface area contributed by atoms with Crippen LogP contribution >= 0.6 is 0 Å². The molecule has 0 spiro atoms. The lowest BCUT2D eigenvalue weighted by Crippen LogP contribution is -2.34. The molecule has 0 unspecified atom stereocenters. The first-order chi connectivity index (χ1) is 8.32. The predicted molar refractivity (Wildman–Crippen MR) is 71.6 cm³/mol. The van der Waals surface area contributed by atoms with E-state index < -0.39 is 0 Å². The van der Waals surface area contributed by atoms with Gasteiger partial charge in [0.1, 0.15) is 0 Å². The molecule has 0 saturated carbocycles. The highest BCUT2D eigenvalue weighted by atomic mass is 16.5. The minimum Gasteiger partial charge on any atom is -0.467 e. The van der Waals surface area contributed by atoms with Gasteiger partial charge < -0.3 is 20.7 Å². The minimum atomic E-state index is 0.0954. The largest absolute Gasteiger partial charge is 0.467 e. The average Bonchev–Trinajstić information content (AvgIpc) is 2.24. The van der Waals surface area contributed by atoms with Crippen molar-refractivity contribution in [1.82, 2.24) is 19.9 Å². The van der Waals surface area contributed by atoms with Crippen molar-refractivity contribution in [2.24, 2.45) is 5.41 Å². The van der Waals surface area contributed by atoms with Crippen LogP contribution in [0.3, 0.4) is 0 Å². The van der Waals surface area contributed by atoms with Crippen LogP contribution in [0.2, 0.25) is 0 Å². The summed E-state index contributed by atoms with van der Waals surface area (Å²) >= 11 is 0. The SMILES string of the molecule is COc1nc(N)nc(NCC(C)(C)CN(C)C)n1. The van der Waals surface area contributed by atoms with E-state index in [9.17, 15) is 0 Å². The maximum absolute atomic E-state index is 5.56. The fourth-order valence-electron chi connectivity index (χ4n) is 1.77. The number of hydrogen-bond acceptors (Lipinski definition) is 7. The Hall–Kier alpha value is -1.63. The highest BCUT2D eigenvalue weighted by molar-refractivity contribution is 5.32. The molecule has 0 bridgehead atoms. The Morgan fingerprint density at radius 1 is 1.28 bits per heavy atom. The highest BCUT2D eigenvalue weighted by Gasteiger charge is 2.19. The Morgan fingerprint density at radius 3 is 2.50 bits per heavy atom. The predicted octanol–water partition coefficient (Wildman–Crippen LogP) is 0.462. The molecule has 1 rings (SSSR count). The second-order valence-corrected chi connectivity index (χ2v) is 5.26. The van der Waals surface area contributed by atoms with Crippen molar-refractivity contribution >= 4 is 11.9 Å². The van der Waals surface area contributed by atoms with Crippen molar-refractivity contribution in [3.63, 3.8) is 0 Å². The average molecular weight is 254 g/mol. The number of rotatable bonds is 6. The van der Waals surface area contributed by atoms with Gasteiger partial charge in [-0.2, -0.15) is 15.0 Å². The molecule has 1 aromatic rings. The molecule has 0 radical (unpaired) electrons. The first-order valence-corrected chi connectivity index (χ1v) is 5.76. The molecule has 0 aliphatic carbocycles. The molecule has 0 aliphatic rings. The van der Waals surface area contributed by atoms with Crippen molar-refractivity contribution < 1.29 is 4.74 Å². The molecule has 0 aliphatic heterocycles. The molecule has 7 nitrogen and oxygen atoms in total. The zero-order valence-electron chi connectivity index (χ0n) is 11.7. The molecule has 0 saturated heterocycles. The molecule has 3 N–H and O–H groups in total. The lowest BCUT2D eigenvalue weighted by molar-refractivity contribution is 0.253. The maximum atomic E-state index is 5.56. The Labute approximate surface area is 108 Å². The number of ether oxygens (including phenoxy) is 1. The van der Waals surface area contributed by atoms with E-state index in [4.69, 9.17) is 10.5 Å². The number of nitrogens with zero attached hydrogens (tertiary/aromatic N) is 4. The van der Waals surface area contributed by atoms with Gasteiger partial charge in [-0.3, -0.25) is 0 Å². The number of nitrogens with two attached hydrogens (primary N) is 1. The van der Waals surface area contributed by atoms with E-state index >= 15 is 0 Å². The van der Waals surface area contributed by atoms with Gasteiger partial charge in [0.2, 0.25) is 11.9 Å². The summed E-state index contributed by atoms with van der Waals surface area (Å²) in [6.45, 7) is 6.03. The van der Waals surface area contributed by atoms with Crippen LogP contribution in [0.25, 0.3) is 0 Å². The van der Waals surface area contributed by atoms with Crippen molar-refractivity contribution in [2.45, 2.75) is 13.8 Å². The zero-order chi connectivity index (χ0) is 13.8. The molecular weight excluding hydrogens is 232 g/mol. The first-order valence-electron chi connectivity index (χ1n) is 5.76. The molecule has 0 fully saturated rings. The lowest BCUT2D eigenvalue weighted by Gasteiger charge is -2.28. The molecular formula is C11H22N6O. The molecule has 7 heteroatoms. The standard InChI is InChI=1S/C11H22N6O/c1-11(2,7-17(3)4)6-13-9-14-8(12)15-10(16-9)18-5/h6-7H2,1-5H3,(H3,12,13,14,15,16). The van der Waals surface area contributed by atoms with Gasteiger partial charge in [0, 0.05) is 13.1 Å². The quantitative estimate of drug-likeness (QED) is 0.762. The van der Waals surface area contributed by atoms with Gasteiger partial charge in [-0.15, -0.1) is 0 Å². The Kier molecular flexibility index (Phi) is 4.66. The number of aromatic nitrogens is 3. The number of nitrogens with one attached hydrogen (secondary N) is 1. The van der Waals surface area contributed by atoms with Crippen LogP contribution in [0.15, 0.2) is 0 Å².